The third kappa shape index (κ3) is 3.43. The first-order chi connectivity index (χ1) is 8.75. The van der Waals surface area contributed by atoms with Crippen molar-refractivity contribution >= 4 is 5.97 Å². The summed E-state index contributed by atoms with van der Waals surface area (Å²) in [6.07, 6.45) is 4.33. The number of carbonyl (C=O) groups is 1. The minimum absolute atomic E-state index is 0.257. The molecule has 0 aliphatic heterocycles. The second-order valence-electron chi connectivity index (χ2n) is 3.83. The van der Waals surface area contributed by atoms with Gasteiger partial charge in [0.05, 0.1) is 18.5 Å². The number of hydrogen-bond donors (Lipinski definition) is 1. The van der Waals surface area contributed by atoms with E-state index in [1.165, 1.54) is 0 Å². The smallest absolute Gasteiger partial charge is 0.329 e. The van der Waals surface area contributed by atoms with E-state index in [-0.39, 0.29) is 6.61 Å². The van der Waals surface area contributed by atoms with Crippen molar-refractivity contribution in [3.63, 3.8) is 0 Å². The Morgan fingerprint density at radius 1 is 1.33 bits per heavy atom. The fraction of sp³-hybridized carbons (Fsp3) is 0.231. The van der Waals surface area contributed by atoms with Crippen LogP contribution in [0.4, 0.5) is 0 Å². The maximum absolute atomic E-state index is 10.3. The third-order valence-corrected chi connectivity index (χ3v) is 2.42. The number of carboxylic acids is 1. The number of nitrogens with zero attached hydrogens (tertiary/aromatic N) is 2. The average Bonchev–Trinajstić information content (AvgIpc) is 2.84. The van der Waals surface area contributed by atoms with Crippen molar-refractivity contribution in [1.82, 2.24) is 9.78 Å². The van der Waals surface area contributed by atoms with Gasteiger partial charge in [0.25, 0.3) is 0 Å². The lowest BCUT2D eigenvalue weighted by molar-refractivity contribution is -0.142. The summed E-state index contributed by atoms with van der Waals surface area (Å²) in [6, 6.07) is 9.79. The van der Waals surface area contributed by atoms with Crippen LogP contribution in [0.15, 0.2) is 42.7 Å². The average molecular weight is 246 g/mol. The lowest BCUT2D eigenvalue weighted by Crippen LogP contribution is -2.08. The molecule has 0 radical (unpaired) electrons. The molecule has 0 aliphatic rings. The van der Waals surface area contributed by atoms with Gasteiger partial charge in [-0.3, -0.25) is 0 Å². The van der Waals surface area contributed by atoms with Crippen molar-refractivity contribution in [3.8, 4) is 5.69 Å². The number of benzene rings is 1. The monoisotopic (exact) mass is 246 g/mol. The van der Waals surface area contributed by atoms with Crippen LogP contribution in [0, 0.1) is 0 Å². The first-order valence-corrected chi connectivity index (χ1v) is 5.64. The highest BCUT2D eigenvalue weighted by Gasteiger charge is 2.01. The zero-order chi connectivity index (χ0) is 12.8. The zero-order valence-corrected chi connectivity index (χ0v) is 9.82. The van der Waals surface area contributed by atoms with Crippen LogP contribution in [0.3, 0.4) is 0 Å². The van der Waals surface area contributed by atoms with Gasteiger partial charge < -0.3 is 9.84 Å². The predicted octanol–water partition coefficient (Wildman–Crippen LogP) is 1.52. The Morgan fingerprint density at radius 3 is 2.83 bits per heavy atom. The SMILES string of the molecule is O=C(O)COCCc1cnn(-c2ccccc2)c1. The molecule has 0 bridgehead atoms. The van der Waals surface area contributed by atoms with E-state index >= 15 is 0 Å². The van der Waals surface area contributed by atoms with Crippen LogP contribution in [0.5, 0.6) is 0 Å². The number of hydrogen-bond acceptors (Lipinski definition) is 3. The molecule has 0 saturated heterocycles. The number of aromatic nitrogens is 2. The Balaban J connectivity index is 1.89. The summed E-state index contributed by atoms with van der Waals surface area (Å²) in [5.41, 5.74) is 2.01. The van der Waals surface area contributed by atoms with Crippen LogP contribution >= 0.6 is 0 Å². The molecular formula is C13H14N2O3. The van der Waals surface area contributed by atoms with Crippen molar-refractivity contribution in [2.75, 3.05) is 13.2 Å². The maximum atomic E-state index is 10.3. The molecule has 1 aromatic carbocycles. The van der Waals surface area contributed by atoms with E-state index in [2.05, 4.69) is 5.10 Å². The minimum atomic E-state index is -0.949. The Labute approximate surface area is 105 Å². The van der Waals surface area contributed by atoms with Crippen LogP contribution in [-0.2, 0) is 16.0 Å². The quantitative estimate of drug-likeness (QED) is 0.785. The number of aliphatic carboxylic acids is 1. The van der Waals surface area contributed by atoms with Crippen molar-refractivity contribution in [3.05, 3.63) is 48.3 Å². The van der Waals surface area contributed by atoms with Gasteiger partial charge >= 0.3 is 5.97 Å². The van der Waals surface area contributed by atoms with Gasteiger partial charge in [-0.15, -0.1) is 0 Å². The van der Waals surface area contributed by atoms with E-state index in [0.717, 1.165) is 11.3 Å². The van der Waals surface area contributed by atoms with E-state index in [0.29, 0.717) is 13.0 Å². The molecule has 0 atom stereocenters. The number of para-hydroxylation sites is 1. The van der Waals surface area contributed by atoms with Gasteiger partial charge in [-0.25, -0.2) is 9.48 Å². The Kier molecular flexibility index (Phi) is 4.09. The second-order valence-corrected chi connectivity index (χ2v) is 3.83. The largest absolute Gasteiger partial charge is 0.480 e. The van der Waals surface area contributed by atoms with Crippen molar-refractivity contribution in [1.29, 1.82) is 0 Å². The molecule has 1 aromatic heterocycles. The first-order valence-electron chi connectivity index (χ1n) is 5.64. The standard InChI is InChI=1S/C13H14N2O3/c16-13(17)10-18-7-6-11-8-14-15(9-11)12-4-2-1-3-5-12/h1-5,8-9H,6-7,10H2,(H,16,17). The predicted molar refractivity (Wildman–Crippen MR) is 65.7 cm³/mol. The second kappa shape index (κ2) is 5.97. The van der Waals surface area contributed by atoms with Gasteiger partial charge in [0.1, 0.15) is 6.61 Å². The van der Waals surface area contributed by atoms with Crippen LogP contribution in [0.1, 0.15) is 5.56 Å². The minimum Gasteiger partial charge on any atom is -0.480 e. The van der Waals surface area contributed by atoms with Gasteiger partial charge in [0.15, 0.2) is 0 Å². The highest BCUT2D eigenvalue weighted by atomic mass is 16.5. The molecule has 1 N–H and O–H groups in total. The van der Waals surface area contributed by atoms with E-state index < -0.39 is 5.97 Å². The lowest BCUT2D eigenvalue weighted by Gasteiger charge is -2.00. The number of rotatable bonds is 6. The first kappa shape index (κ1) is 12.3. The molecule has 0 aliphatic carbocycles. The van der Waals surface area contributed by atoms with E-state index in [1.54, 1.807) is 10.9 Å². The molecule has 2 rings (SSSR count). The molecule has 1 heterocycles. The summed E-state index contributed by atoms with van der Waals surface area (Å²) < 4.78 is 6.76. The normalized spacial score (nSPS) is 10.4. The van der Waals surface area contributed by atoms with E-state index in [9.17, 15) is 4.79 Å². The van der Waals surface area contributed by atoms with Gasteiger partial charge in [0, 0.05) is 6.20 Å². The summed E-state index contributed by atoms with van der Waals surface area (Å²) in [5.74, 6) is -0.949. The number of ether oxygens (including phenoxy) is 1. The molecule has 0 saturated carbocycles. The number of carboxylic acid groups (broad SMARTS) is 1. The molecule has 0 fully saturated rings. The fourth-order valence-corrected chi connectivity index (χ4v) is 1.56. The zero-order valence-electron chi connectivity index (χ0n) is 9.82. The molecule has 5 nitrogen and oxygen atoms in total. The maximum Gasteiger partial charge on any atom is 0.329 e. The van der Waals surface area contributed by atoms with Gasteiger partial charge in [0.2, 0.25) is 0 Å². The van der Waals surface area contributed by atoms with E-state index in [4.69, 9.17) is 9.84 Å². The fourth-order valence-electron chi connectivity index (χ4n) is 1.56. The highest BCUT2D eigenvalue weighted by molar-refractivity contribution is 5.67. The topological polar surface area (TPSA) is 64.3 Å². The highest BCUT2D eigenvalue weighted by Crippen LogP contribution is 2.07. The van der Waals surface area contributed by atoms with Gasteiger partial charge in [-0.05, 0) is 24.1 Å². The molecule has 5 heteroatoms. The van der Waals surface area contributed by atoms with Crippen molar-refractivity contribution < 1.29 is 14.6 Å². The van der Waals surface area contributed by atoms with Crippen molar-refractivity contribution in [2.24, 2.45) is 0 Å². The van der Waals surface area contributed by atoms with Crippen LogP contribution < -0.4 is 0 Å². The molecule has 2 aromatic rings. The van der Waals surface area contributed by atoms with E-state index in [1.807, 2.05) is 36.5 Å². The summed E-state index contributed by atoms with van der Waals surface area (Å²) in [4.78, 5) is 10.3. The lowest BCUT2D eigenvalue weighted by atomic mass is 10.3. The molecule has 0 amide bonds. The summed E-state index contributed by atoms with van der Waals surface area (Å²) >= 11 is 0. The summed E-state index contributed by atoms with van der Waals surface area (Å²) in [6.45, 7) is 0.125. The van der Waals surface area contributed by atoms with Crippen molar-refractivity contribution in [2.45, 2.75) is 6.42 Å². The summed E-state index contributed by atoms with van der Waals surface area (Å²) in [5, 5.41) is 12.7. The van der Waals surface area contributed by atoms with Crippen LogP contribution in [0.25, 0.3) is 5.69 Å². The Hall–Kier alpha value is -2.14. The Bertz CT molecular complexity index is 508. The van der Waals surface area contributed by atoms with Gasteiger partial charge in [-0.2, -0.15) is 5.10 Å². The third-order valence-electron chi connectivity index (χ3n) is 2.42. The molecule has 94 valence electrons. The van der Waals surface area contributed by atoms with Crippen LogP contribution in [0.2, 0.25) is 0 Å². The molecule has 18 heavy (non-hydrogen) atoms. The van der Waals surface area contributed by atoms with Crippen LogP contribution in [-0.4, -0.2) is 34.1 Å². The Morgan fingerprint density at radius 2 is 2.11 bits per heavy atom. The van der Waals surface area contributed by atoms with Gasteiger partial charge in [-0.1, -0.05) is 18.2 Å². The molecular weight excluding hydrogens is 232 g/mol. The summed E-state index contributed by atoms with van der Waals surface area (Å²) in [7, 11) is 0. The molecule has 0 spiro atoms. The molecule has 0 unspecified atom stereocenters.